The van der Waals surface area contributed by atoms with Gasteiger partial charge >= 0.3 is 5.97 Å². The van der Waals surface area contributed by atoms with E-state index in [0.29, 0.717) is 22.2 Å². The molecular formula is C14H18BrNO4. The van der Waals surface area contributed by atoms with E-state index in [1.165, 1.54) is 7.11 Å². The number of carbonyl (C=O) groups excluding carboxylic acids is 1. The highest BCUT2D eigenvalue weighted by atomic mass is 79.9. The Labute approximate surface area is 126 Å². The normalized spacial score (nSPS) is 11.0. The van der Waals surface area contributed by atoms with Crippen LogP contribution >= 0.6 is 15.9 Å². The second-order valence-electron chi connectivity index (χ2n) is 5.08. The van der Waals surface area contributed by atoms with Crippen molar-refractivity contribution in [3.05, 3.63) is 28.2 Å². The van der Waals surface area contributed by atoms with Gasteiger partial charge in [0.25, 0.3) is 5.91 Å². The van der Waals surface area contributed by atoms with Crippen molar-refractivity contribution in [1.82, 2.24) is 5.32 Å². The molecule has 0 saturated heterocycles. The molecule has 0 aliphatic rings. The largest absolute Gasteiger partial charge is 0.497 e. The Morgan fingerprint density at radius 1 is 1.40 bits per heavy atom. The predicted octanol–water partition coefficient (Wildman–Crippen LogP) is 2.83. The molecule has 0 radical (unpaired) electrons. The van der Waals surface area contributed by atoms with Crippen molar-refractivity contribution in [1.29, 1.82) is 0 Å². The zero-order valence-electron chi connectivity index (χ0n) is 11.7. The third-order valence-corrected chi connectivity index (χ3v) is 3.53. The first-order valence-electron chi connectivity index (χ1n) is 6.13. The van der Waals surface area contributed by atoms with Gasteiger partial charge in [-0.1, -0.05) is 0 Å². The summed E-state index contributed by atoms with van der Waals surface area (Å²) in [4.78, 5) is 22.9. The summed E-state index contributed by atoms with van der Waals surface area (Å²) in [7, 11) is 1.53. The van der Waals surface area contributed by atoms with Gasteiger partial charge in [-0.25, -0.2) is 0 Å². The van der Waals surface area contributed by atoms with Crippen LogP contribution in [0.4, 0.5) is 0 Å². The van der Waals surface area contributed by atoms with Gasteiger partial charge in [0.15, 0.2) is 0 Å². The first kappa shape index (κ1) is 16.5. The van der Waals surface area contributed by atoms with Gasteiger partial charge in [0.2, 0.25) is 0 Å². The number of rotatable bonds is 6. The fraction of sp³-hybridized carbons (Fsp3) is 0.429. The van der Waals surface area contributed by atoms with Crippen molar-refractivity contribution >= 4 is 27.8 Å². The van der Waals surface area contributed by atoms with Crippen LogP contribution in [0.25, 0.3) is 0 Å². The van der Waals surface area contributed by atoms with E-state index in [-0.39, 0.29) is 12.3 Å². The Kier molecular flexibility index (Phi) is 5.56. The minimum Gasteiger partial charge on any atom is -0.497 e. The highest BCUT2D eigenvalue weighted by molar-refractivity contribution is 9.10. The number of hydrogen-bond donors (Lipinski definition) is 2. The summed E-state index contributed by atoms with van der Waals surface area (Å²) in [6.07, 6.45) is 0.363. The van der Waals surface area contributed by atoms with Crippen LogP contribution in [-0.4, -0.2) is 29.6 Å². The van der Waals surface area contributed by atoms with E-state index in [9.17, 15) is 9.59 Å². The van der Waals surface area contributed by atoms with E-state index >= 15 is 0 Å². The predicted molar refractivity (Wildman–Crippen MR) is 79.1 cm³/mol. The van der Waals surface area contributed by atoms with E-state index in [0.717, 1.165) is 0 Å². The monoisotopic (exact) mass is 343 g/mol. The van der Waals surface area contributed by atoms with Crippen LogP contribution < -0.4 is 10.1 Å². The van der Waals surface area contributed by atoms with Gasteiger partial charge in [-0.15, -0.1) is 0 Å². The average molecular weight is 344 g/mol. The SMILES string of the molecule is COc1ccc(Br)c(C(=O)NC(C)(C)CCC(=O)O)c1. The zero-order valence-corrected chi connectivity index (χ0v) is 13.3. The molecular weight excluding hydrogens is 326 g/mol. The Hall–Kier alpha value is -1.56. The molecule has 0 atom stereocenters. The Balaban J connectivity index is 2.82. The molecule has 6 heteroatoms. The summed E-state index contributed by atoms with van der Waals surface area (Å²) in [6.45, 7) is 3.59. The zero-order chi connectivity index (χ0) is 15.3. The summed E-state index contributed by atoms with van der Waals surface area (Å²) in [6, 6.07) is 5.11. The quantitative estimate of drug-likeness (QED) is 0.832. The number of amides is 1. The second kappa shape index (κ2) is 6.74. The highest BCUT2D eigenvalue weighted by Gasteiger charge is 2.23. The fourth-order valence-corrected chi connectivity index (χ4v) is 2.09. The van der Waals surface area contributed by atoms with Gasteiger partial charge in [0.05, 0.1) is 12.7 Å². The topological polar surface area (TPSA) is 75.6 Å². The number of benzene rings is 1. The van der Waals surface area contributed by atoms with Crippen molar-refractivity contribution in [3.8, 4) is 5.75 Å². The van der Waals surface area contributed by atoms with Crippen LogP contribution in [0, 0.1) is 0 Å². The minimum absolute atomic E-state index is 0.00651. The van der Waals surface area contributed by atoms with Gasteiger partial charge in [-0.3, -0.25) is 9.59 Å². The first-order valence-corrected chi connectivity index (χ1v) is 6.92. The standard InChI is InChI=1S/C14H18BrNO4/c1-14(2,7-6-12(17)18)16-13(19)10-8-9(20-3)4-5-11(10)15/h4-5,8H,6-7H2,1-3H3,(H,16,19)(H,17,18). The Morgan fingerprint density at radius 2 is 2.05 bits per heavy atom. The molecule has 2 N–H and O–H groups in total. The molecule has 0 aliphatic heterocycles. The number of ether oxygens (including phenoxy) is 1. The van der Waals surface area contributed by atoms with Crippen molar-refractivity contribution < 1.29 is 19.4 Å². The molecule has 0 fully saturated rings. The molecule has 0 heterocycles. The van der Waals surface area contributed by atoms with Gasteiger partial charge in [0.1, 0.15) is 5.75 Å². The number of carbonyl (C=O) groups is 2. The summed E-state index contributed by atoms with van der Waals surface area (Å²) < 4.78 is 5.75. The molecule has 0 bridgehead atoms. The molecule has 1 aromatic rings. The van der Waals surface area contributed by atoms with E-state index in [1.807, 2.05) is 0 Å². The van der Waals surface area contributed by atoms with E-state index in [4.69, 9.17) is 9.84 Å². The minimum atomic E-state index is -0.880. The molecule has 0 saturated carbocycles. The molecule has 0 aromatic heterocycles. The van der Waals surface area contributed by atoms with Crippen molar-refractivity contribution in [2.45, 2.75) is 32.2 Å². The number of aliphatic carboxylic acids is 1. The lowest BCUT2D eigenvalue weighted by atomic mass is 9.97. The van der Waals surface area contributed by atoms with E-state index in [1.54, 1.807) is 32.0 Å². The molecule has 1 amide bonds. The summed E-state index contributed by atoms with van der Waals surface area (Å²) in [5.41, 5.74) is -0.148. The summed E-state index contributed by atoms with van der Waals surface area (Å²) in [5, 5.41) is 11.5. The fourth-order valence-electron chi connectivity index (χ4n) is 1.66. The number of carboxylic acids is 1. The summed E-state index contributed by atoms with van der Waals surface area (Å²) in [5.74, 6) is -0.567. The third kappa shape index (κ3) is 4.85. The molecule has 0 aliphatic carbocycles. The number of carboxylic acid groups (broad SMARTS) is 1. The third-order valence-electron chi connectivity index (χ3n) is 2.83. The Bertz CT molecular complexity index is 514. The van der Waals surface area contributed by atoms with Gasteiger partial charge in [0, 0.05) is 16.4 Å². The van der Waals surface area contributed by atoms with Crippen LogP contribution in [-0.2, 0) is 4.79 Å². The van der Waals surface area contributed by atoms with E-state index in [2.05, 4.69) is 21.2 Å². The molecule has 110 valence electrons. The molecule has 0 spiro atoms. The van der Waals surface area contributed by atoms with E-state index < -0.39 is 11.5 Å². The van der Waals surface area contributed by atoms with Crippen molar-refractivity contribution in [3.63, 3.8) is 0 Å². The van der Waals surface area contributed by atoms with Gasteiger partial charge < -0.3 is 15.2 Å². The maximum atomic E-state index is 12.2. The maximum absolute atomic E-state index is 12.2. The van der Waals surface area contributed by atoms with Crippen molar-refractivity contribution in [2.75, 3.05) is 7.11 Å². The maximum Gasteiger partial charge on any atom is 0.303 e. The van der Waals surface area contributed by atoms with Crippen molar-refractivity contribution in [2.24, 2.45) is 0 Å². The lowest BCUT2D eigenvalue weighted by Gasteiger charge is -2.26. The Morgan fingerprint density at radius 3 is 2.60 bits per heavy atom. The molecule has 1 rings (SSSR count). The average Bonchev–Trinajstić information content (AvgIpc) is 2.36. The smallest absolute Gasteiger partial charge is 0.303 e. The second-order valence-corrected chi connectivity index (χ2v) is 5.93. The number of hydrogen-bond acceptors (Lipinski definition) is 3. The lowest BCUT2D eigenvalue weighted by Crippen LogP contribution is -2.43. The van der Waals surface area contributed by atoms with Gasteiger partial charge in [-0.2, -0.15) is 0 Å². The molecule has 20 heavy (non-hydrogen) atoms. The first-order chi connectivity index (χ1) is 9.25. The van der Waals surface area contributed by atoms with Crippen LogP contribution in [0.1, 0.15) is 37.0 Å². The van der Waals surface area contributed by atoms with Crippen LogP contribution in [0.3, 0.4) is 0 Å². The molecule has 0 unspecified atom stereocenters. The van der Waals surface area contributed by atoms with Crippen LogP contribution in [0.2, 0.25) is 0 Å². The van der Waals surface area contributed by atoms with Crippen LogP contribution in [0.15, 0.2) is 22.7 Å². The number of methoxy groups -OCH3 is 1. The lowest BCUT2D eigenvalue weighted by molar-refractivity contribution is -0.137. The molecule has 5 nitrogen and oxygen atoms in total. The molecule has 1 aromatic carbocycles. The number of halogens is 1. The van der Waals surface area contributed by atoms with Gasteiger partial charge in [-0.05, 0) is 54.4 Å². The number of nitrogens with one attached hydrogen (secondary N) is 1. The highest BCUT2D eigenvalue weighted by Crippen LogP contribution is 2.23. The summed E-state index contributed by atoms with van der Waals surface area (Å²) >= 11 is 3.32. The van der Waals surface area contributed by atoms with Crippen LogP contribution in [0.5, 0.6) is 5.75 Å².